The normalized spacial score (nSPS) is 11.9. The summed E-state index contributed by atoms with van der Waals surface area (Å²) in [5.74, 6) is 1.83. The predicted octanol–water partition coefficient (Wildman–Crippen LogP) is 13.3. The largest absolute Gasteiger partial charge is 0.454 e. The van der Waals surface area contributed by atoms with Crippen molar-refractivity contribution < 1.29 is 4.42 Å². The molecule has 56 heavy (non-hydrogen) atoms. The van der Waals surface area contributed by atoms with Crippen LogP contribution in [-0.2, 0) is 0 Å². The predicted molar refractivity (Wildman–Crippen MR) is 230 cm³/mol. The van der Waals surface area contributed by atoms with Crippen molar-refractivity contribution in [2.45, 2.75) is 0 Å². The monoisotopic (exact) mass is 714 g/mol. The van der Waals surface area contributed by atoms with Crippen molar-refractivity contribution in [3.63, 3.8) is 0 Å². The van der Waals surface area contributed by atoms with Gasteiger partial charge < -0.3 is 8.98 Å². The fourth-order valence-corrected chi connectivity index (χ4v) is 8.43. The van der Waals surface area contributed by atoms with E-state index in [2.05, 4.69) is 187 Å². The van der Waals surface area contributed by atoms with Crippen molar-refractivity contribution in [3.8, 4) is 39.9 Å². The molecule has 0 atom stereocenters. The van der Waals surface area contributed by atoms with E-state index in [0.29, 0.717) is 17.5 Å². The first-order valence-corrected chi connectivity index (χ1v) is 18.8. The number of benzene rings is 9. The summed E-state index contributed by atoms with van der Waals surface area (Å²) in [5, 5.41) is 11.6. The minimum atomic E-state index is 0.586. The molecule has 5 nitrogen and oxygen atoms in total. The third-order valence-corrected chi connectivity index (χ3v) is 11.2. The lowest BCUT2D eigenvalue weighted by Gasteiger charge is -2.10. The summed E-state index contributed by atoms with van der Waals surface area (Å²) < 4.78 is 9.24. The Morgan fingerprint density at radius 2 is 0.857 bits per heavy atom. The van der Waals surface area contributed by atoms with Gasteiger partial charge in [0.2, 0.25) is 0 Å². The molecule has 3 heterocycles. The first-order valence-electron chi connectivity index (χ1n) is 18.8. The summed E-state index contributed by atoms with van der Waals surface area (Å²) in [6.45, 7) is 0. The van der Waals surface area contributed by atoms with Crippen LogP contribution in [0.3, 0.4) is 0 Å². The van der Waals surface area contributed by atoms with Gasteiger partial charge in [-0.25, -0.2) is 15.0 Å². The summed E-state index contributed by atoms with van der Waals surface area (Å²) in [4.78, 5) is 15.3. The molecule has 5 heteroatoms. The molecule has 12 aromatic rings. The molecule has 0 aliphatic heterocycles. The summed E-state index contributed by atoms with van der Waals surface area (Å²) in [6.07, 6.45) is 0. The molecule has 0 unspecified atom stereocenters. The van der Waals surface area contributed by atoms with Crippen molar-refractivity contribution in [1.29, 1.82) is 0 Å². The Hall–Kier alpha value is -7.63. The van der Waals surface area contributed by atoms with Gasteiger partial charge in [-0.2, -0.15) is 0 Å². The van der Waals surface area contributed by atoms with Gasteiger partial charge in [0.1, 0.15) is 5.58 Å². The lowest BCUT2D eigenvalue weighted by atomic mass is 10.1. The van der Waals surface area contributed by atoms with Crippen LogP contribution in [0.1, 0.15) is 0 Å². The highest BCUT2D eigenvalue weighted by atomic mass is 16.3. The van der Waals surface area contributed by atoms with Gasteiger partial charge in [-0.05, 0) is 80.8 Å². The number of nitrogens with zero attached hydrogens (tertiary/aromatic N) is 4. The molecule has 0 aliphatic carbocycles. The van der Waals surface area contributed by atoms with Crippen LogP contribution < -0.4 is 0 Å². The fraction of sp³-hybridized carbons (Fsp3) is 0. The number of aromatic nitrogens is 4. The second-order valence-electron chi connectivity index (χ2n) is 14.5. The Labute approximate surface area is 320 Å². The fourth-order valence-electron chi connectivity index (χ4n) is 8.43. The molecular formula is C51H30N4O. The van der Waals surface area contributed by atoms with Crippen LogP contribution in [0.5, 0.6) is 0 Å². The number of hydrogen-bond acceptors (Lipinski definition) is 4. The van der Waals surface area contributed by atoms with E-state index >= 15 is 0 Å². The second-order valence-corrected chi connectivity index (χ2v) is 14.5. The lowest BCUT2D eigenvalue weighted by Crippen LogP contribution is -2.00. The van der Waals surface area contributed by atoms with E-state index in [1.807, 2.05) is 0 Å². The molecule has 0 radical (unpaired) electrons. The average Bonchev–Trinajstić information content (AvgIpc) is 3.80. The van der Waals surface area contributed by atoms with Gasteiger partial charge in [0.05, 0.1) is 16.7 Å². The van der Waals surface area contributed by atoms with Gasteiger partial charge in [0.25, 0.3) is 0 Å². The molecule has 9 aromatic carbocycles. The number of fused-ring (bicyclic) bond motifs is 9. The molecule has 0 saturated heterocycles. The molecule has 0 bridgehead atoms. The zero-order valence-electron chi connectivity index (χ0n) is 30.0. The number of furan rings is 1. The highest BCUT2D eigenvalue weighted by molar-refractivity contribution is 6.15. The second kappa shape index (κ2) is 11.9. The zero-order chi connectivity index (χ0) is 36.7. The van der Waals surface area contributed by atoms with Crippen LogP contribution in [0.25, 0.3) is 116 Å². The Balaban J connectivity index is 1.05. The molecule has 260 valence electrons. The van der Waals surface area contributed by atoms with Gasteiger partial charge in [-0.1, -0.05) is 133 Å². The summed E-state index contributed by atoms with van der Waals surface area (Å²) in [6, 6.07) is 64.0. The van der Waals surface area contributed by atoms with E-state index in [-0.39, 0.29) is 0 Å². The maximum Gasteiger partial charge on any atom is 0.164 e. The van der Waals surface area contributed by atoms with Crippen molar-refractivity contribution in [2.24, 2.45) is 0 Å². The summed E-state index contributed by atoms with van der Waals surface area (Å²) in [5.41, 5.74) is 7.61. The lowest BCUT2D eigenvalue weighted by molar-refractivity contribution is 0.666. The highest BCUT2D eigenvalue weighted by Crippen LogP contribution is 2.40. The maximum absolute atomic E-state index is 6.89. The minimum Gasteiger partial charge on any atom is -0.454 e. The molecule has 0 amide bonds. The molecule has 12 rings (SSSR count). The Morgan fingerprint density at radius 3 is 1.52 bits per heavy atom. The maximum atomic E-state index is 6.89. The molecular weight excluding hydrogens is 685 g/mol. The zero-order valence-corrected chi connectivity index (χ0v) is 30.0. The topological polar surface area (TPSA) is 56.7 Å². The molecule has 0 aliphatic rings. The van der Waals surface area contributed by atoms with Gasteiger partial charge in [-0.15, -0.1) is 0 Å². The van der Waals surface area contributed by atoms with Crippen molar-refractivity contribution in [1.82, 2.24) is 19.5 Å². The smallest absolute Gasteiger partial charge is 0.164 e. The first kappa shape index (κ1) is 30.8. The Kier molecular flexibility index (Phi) is 6.56. The Morgan fingerprint density at radius 1 is 0.339 bits per heavy atom. The molecule has 0 saturated carbocycles. The molecule has 0 fully saturated rings. The van der Waals surface area contributed by atoms with Crippen LogP contribution in [0, 0.1) is 0 Å². The van der Waals surface area contributed by atoms with E-state index in [4.69, 9.17) is 19.4 Å². The molecule has 0 N–H and O–H groups in total. The van der Waals surface area contributed by atoms with Crippen LogP contribution in [0.2, 0.25) is 0 Å². The van der Waals surface area contributed by atoms with E-state index in [1.54, 1.807) is 0 Å². The summed E-state index contributed by atoms with van der Waals surface area (Å²) >= 11 is 0. The molecule has 3 aromatic heterocycles. The van der Waals surface area contributed by atoms with Gasteiger partial charge in [0.15, 0.2) is 23.1 Å². The average molecular weight is 715 g/mol. The molecule has 0 spiro atoms. The quantitative estimate of drug-likeness (QED) is 0.182. The van der Waals surface area contributed by atoms with Crippen molar-refractivity contribution in [2.75, 3.05) is 0 Å². The number of rotatable bonds is 4. The number of hydrogen-bond donors (Lipinski definition) is 0. The highest BCUT2D eigenvalue weighted by Gasteiger charge is 2.20. The van der Waals surface area contributed by atoms with E-state index in [0.717, 1.165) is 66.1 Å². The van der Waals surface area contributed by atoms with Crippen LogP contribution in [0.4, 0.5) is 0 Å². The van der Waals surface area contributed by atoms with Crippen molar-refractivity contribution in [3.05, 3.63) is 182 Å². The van der Waals surface area contributed by atoms with Crippen LogP contribution in [-0.4, -0.2) is 19.5 Å². The minimum absolute atomic E-state index is 0.586. The van der Waals surface area contributed by atoms with Gasteiger partial charge in [-0.3, -0.25) is 0 Å². The van der Waals surface area contributed by atoms with Gasteiger partial charge in [0, 0.05) is 38.2 Å². The van der Waals surface area contributed by atoms with E-state index in [1.165, 1.54) is 32.3 Å². The van der Waals surface area contributed by atoms with Gasteiger partial charge >= 0.3 is 0 Å². The van der Waals surface area contributed by atoms with Crippen LogP contribution in [0.15, 0.2) is 186 Å². The SMILES string of the molecule is c1ccc2cc(-c3nc(-c4ccc5ccccc5c4)nc(-c4ccc5c(c4)oc4c(-n6c7ccccc7c7cc8ccccc8cc76)cccc45)n3)ccc2c1. The van der Waals surface area contributed by atoms with Crippen molar-refractivity contribution >= 4 is 76.1 Å². The van der Waals surface area contributed by atoms with Crippen LogP contribution >= 0.6 is 0 Å². The standard InChI is InChI=1S/C51H30N4O/c1-3-12-33-26-37(22-20-31(33)10-1)49-52-50(38-23-21-32-11-2-4-13-34(32)27-38)54-51(53-49)39-24-25-41-42-17-9-19-45(48(42)56-47(41)30-39)55-44-18-8-7-16-40(44)43-28-35-14-5-6-15-36(35)29-46(43)55/h1-30H. The third-order valence-electron chi connectivity index (χ3n) is 11.2. The third kappa shape index (κ3) is 4.78. The summed E-state index contributed by atoms with van der Waals surface area (Å²) in [7, 11) is 0. The van der Waals surface area contributed by atoms with E-state index in [9.17, 15) is 0 Å². The Bertz CT molecular complexity index is 3460. The first-order chi connectivity index (χ1) is 27.7. The van der Waals surface area contributed by atoms with E-state index < -0.39 is 0 Å². The number of para-hydroxylation sites is 2.